The number of aliphatic hydroxyl groups excluding tert-OH is 1. The van der Waals surface area contributed by atoms with Crippen LogP contribution in [0, 0.1) is 6.92 Å². The van der Waals surface area contributed by atoms with Crippen LogP contribution in [-0.4, -0.2) is 16.7 Å². The molecule has 0 fully saturated rings. The SMILES string of the molecule is Cc1cnc(Cl)cc1Oc1ccccc1CCO. The van der Waals surface area contributed by atoms with Crippen LogP contribution >= 0.6 is 11.6 Å². The summed E-state index contributed by atoms with van der Waals surface area (Å²) in [5.74, 6) is 1.41. The minimum absolute atomic E-state index is 0.0937. The molecule has 1 aromatic heterocycles. The molecule has 1 heterocycles. The minimum atomic E-state index is 0.0937. The number of rotatable bonds is 4. The number of nitrogens with zero attached hydrogens (tertiary/aromatic N) is 1. The van der Waals surface area contributed by atoms with E-state index < -0.39 is 0 Å². The summed E-state index contributed by atoms with van der Waals surface area (Å²) in [5.41, 5.74) is 1.88. The molecule has 0 aliphatic rings. The van der Waals surface area contributed by atoms with Gasteiger partial charge in [-0.1, -0.05) is 29.8 Å². The topological polar surface area (TPSA) is 42.4 Å². The first-order chi connectivity index (χ1) is 8.70. The van der Waals surface area contributed by atoms with Gasteiger partial charge in [-0.25, -0.2) is 4.98 Å². The van der Waals surface area contributed by atoms with Crippen molar-refractivity contribution in [2.45, 2.75) is 13.3 Å². The predicted octanol–water partition coefficient (Wildman–Crippen LogP) is 3.37. The molecule has 0 aliphatic heterocycles. The third-order valence-electron chi connectivity index (χ3n) is 2.59. The van der Waals surface area contributed by atoms with Gasteiger partial charge in [0, 0.05) is 24.4 Å². The Labute approximate surface area is 111 Å². The van der Waals surface area contributed by atoms with E-state index in [1.807, 2.05) is 31.2 Å². The molecule has 0 radical (unpaired) electrons. The lowest BCUT2D eigenvalue weighted by atomic mass is 10.1. The van der Waals surface area contributed by atoms with Crippen LogP contribution in [0.5, 0.6) is 11.5 Å². The average Bonchev–Trinajstić information content (AvgIpc) is 2.36. The molecule has 1 aromatic carbocycles. The lowest BCUT2D eigenvalue weighted by Gasteiger charge is -2.12. The van der Waals surface area contributed by atoms with Crippen molar-refractivity contribution in [3.05, 3.63) is 52.8 Å². The fraction of sp³-hybridized carbons (Fsp3) is 0.214. The van der Waals surface area contributed by atoms with Crippen molar-refractivity contribution in [2.75, 3.05) is 6.61 Å². The third-order valence-corrected chi connectivity index (χ3v) is 2.80. The van der Waals surface area contributed by atoms with E-state index in [-0.39, 0.29) is 6.61 Å². The number of benzene rings is 1. The molecule has 0 aliphatic carbocycles. The number of halogens is 1. The van der Waals surface area contributed by atoms with E-state index in [4.69, 9.17) is 21.4 Å². The third kappa shape index (κ3) is 3.00. The van der Waals surface area contributed by atoms with Gasteiger partial charge in [-0.05, 0) is 25.0 Å². The van der Waals surface area contributed by atoms with Crippen LogP contribution in [-0.2, 0) is 6.42 Å². The Kier molecular flexibility index (Phi) is 4.18. The van der Waals surface area contributed by atoms with Crippen LogP contribution in [0.3, 0.4) is 0 Å². The zero-order valence-electron chi connectivity index (χ0n) is 10.1. The van der Waals surface area contributed by atoms with Gasteiger partial charge in [0.15, 0.2) is 0 Å². The summed E-state index contributed by atoms with van der Waals surface area (Å²) in [4.78, 5) is 3.99. The predicted molar refractivity (Wildman–Crippen MR) is 71.3 cm³/mol. The molecule has 0 amide bonds. The van der Waals surface area contributed by atoms with Crippen LogP contribution < -0.4 is 4.74 Å². The number of aryl methyl sites for hydroxylation is 1. The molecule has 1 N–H and O–H groups in total. The summed E-state index contributed by atoms with van der Waals surface area (Å²) in [6.07, 6.45) is 2.24. The fourth-order valence-corrected chi connectivity index (χ4v) is 1.79. The summed E-state index contributed by atoms with van der Waals surface area (Å²) >= 11 is 5.85. The standard InChI is InChI=1S/C14H14ClNO2/c1-10-9-16-14(15)8-13(10)18-12-5-3-2-4-11(12)6-7-17/h2-5,8-9,17H,6-7H2,1H3. The monoisotopic (exact) mass is 263 g/mol. The summed E-state index contributed by atoms with van der Waals surface area (Å²) in [5, 5.41) is 9.42. The summed E-state index contributed by atoms with van der Waals surface area (Å²) in [6.45, 7) is 2.00. The van der Waals surface area contributed by atoms with E-state index in [0.717, 1.165) is 16.9 Å². The summed E-state index contributed by atoms with van der Waals surface area (Å²) in [6, 6.07) is 9.31. The second-order valence-corrected chi connectivity index (χ2v) is 4.34. The van der Waals surface area contributed by atoms with Crippen LogP contribution in [0.1, 0.15) is 11.1 Å². The number of ether oxygens (including phenoxy) is 1. The molecule has 0 saturated carbocycles. The van der Waals surface area contributed by atoms with Gasteiger partial charge in [-0.2, -0.15) is 0 Å². The first kappa shape index (κ1) is 12.9. The van der Waals surface area contributed by atoms with Gasteiger partial charge in [0.05, 0.1) is 0 Å². The first-order valence-electron chi connectivity index (χ1n) is 5.69. The van der Waals surface area contributed by atoms with Crippen molar-refractivity contribution in [3.8, 4) is 11.5 Å². The van der Waals surface area contributed by atoms with Gasteiger partial charge in [0.1, 0.15) is 16.7 Å². The van der Waals surface area contributed by atoms with Gasteiger partial charge in [-0.15, -0.1) is 0 Å². The maximum Gasteiger partial charge on any atom is 0.134 e. The highest BCUT2D eigenvalue weighted by Gasteiger charge is 2.07. The zero-order chi connectivity index (χ0) is 13.0. The van der Waals surface area contributed by atoms with Crippen molar-refractivity contribution in [2.24, 2.45) is 0 Å². The Bertz CT molecular complexity index is 543. The highest BCUT2D eigenvalue weighted by Crippen LogP contribution is 2.29. The Balaban J connectivity index is 2.30. The molecule has 4 heteroatoms. The smallest absolute Gasteiger partial charge is 0.134 e. The molecule has 0 bridgehead atoms. The molecule has 94 valence electrons. The maximum atomic E-state index is 9.02. The van der Waals surface area contributed by atoms with Crippen LogP contribution in [0.15, 0.2) is 36.5 Å². The summed E-state index contributed by atoms with van der Waals surface area (Å²) < 4.78 is 5.84. The summed E-state index contributed by atoms with van der Waals surface area (Å²) in [7, 11) is 0. The minimum Gasteiger partial charge on any atom is -0.457 e. The molecule has 3 nitrogen and oxygen atoms in total. The normalized spacial score (nSPS) is 10.4. The van der Waals surface area contributed by atoms with Gasteiger partial charge in [0.2, 0.25) is 0 Å². The van der Waals surface area contributed by atoms with Gasteiger partial charge in [0.25, 0.3) is 0 Å². The molecule has 0 atom stereocenters. The maximum absolute atomic E-state index is 9.02. The number of pyridine rings is 1. The van der Waals surface area contributed by atoms with Crippen molar-refractivity contribution < 1.29 is 9.84 Å². The lowest BCUT2D eigenvalue weighted by molar-refractivity contribution is 0.298. The number of hydrogen-bond acceptors (Lipinski definition) is 3. The van der Waals surface area contributed by atoms with Gasteiger partial charge in [-0.3, -0.25) is 0 Å². The van der Waals surface area contributed by atoms with E-state index >= 15 is 0 Å². The molecular weight excluding hydrogens is 250 g/mol. The van der Waals surface area contributed by atoms with Gasteiger partial charge >= 0.3 is 0 Å². The number of aromatic nitrogens is 1. The van der Waals surface area contributed by atoms with E-state index in [1.165, 1.54) is 0 Å². The quantitative estimate of drug-likeness (QED) is 0.860. The van der Waals surface area contributed by atoms with Gasteiger partial charge < -0.3 is 9.84 Å². The van der Waals surface area contributed by atoms with Crippen molar-refractivity contribution in [1.82, 2.24) is 4.98 Å². The Morgan fingerprint density at radius 1 is 1.28 bits per heavy atom. The largest absolute Gasteiger partial charge is 0.457 e. The van der Waals surface area contributed by atoms with Crippen LogP contribution in [0.4, 0.5) is 0 Å². The van der Waals surface area contributed by atoms with E-state index in [9.17, 15) is 0 Å². The second kappa shape index (κ2) is 5.85. The lowest BCUT2D eigenvalue weighted by Crippen LogP contribution is -1.96. The van der Waals surface area contributed by atoms with E-state index in [1.54, 1.807) is 12.3 Å². The Morgan fingerprint density at radius 3 is 2.83 bits per heavy atom. The van der Waals surface area contributed by atoms with Crippen molar-refractivity contribution in [3.63, 3.8) is 0 Å². The number of aliphatic hydroxyl groups is 1. The fourth-order valence-electron chi connectivity index (χ4n) is 1.64. The second-order valence-electron chi connectivity index (χ2n) is 3.96. The van der Waals surface area contributed by atoms with E-state index in [2.05, 4.69) is 4.98 Å². The Morgan fingerprint density at radius 2 is 2.06 bits per heavy atom. The highest BCUT2D eigenvalue weighted by molar-refractivity contribution is 6.29. The van der Waals surface area contributed by atoms with Crippen molar-refractivity contribution >= 4 is 11.6 Å². The van der Waals surface area contributed by atoms with E-state index in [0.29, 0.717) is 17.3 Å². The molecule has 2 rings (SSSR count). The molecular formula is C14H14ClNO2. The molecule has 18 heavy (non-hydrogen) atoms. The number of hydrogen-bond donors (Lipinski definition) is 1. The van der Waals surface area contributed by atoms with Crippen molar-refractivity contribution in [1.29, 1.82) is 0 Å². The first-order valence-corrected chi connectivity index (χ1v) is 6.07. The average molecular weight is 264 g/mol. The molecule has 0 spiro atoms. The zero-order valence-corrected chi connectivity index (χ0v) is 10.8. The molecule has 2 aromatic rings. The molecule has 0 unspecified atom stereocenters. The Hall–Kier alpha value is -1.58. The highest BCUT2D eigenvalue weighted by atomic mass is 35.5. The number of para-hydroxylation sites is 1. The van der Waals surface area contributed by atoms with Crippen LogP contribution in [0.2, 0.25) is 5.15 Å². The molecule has 0 saturated heterocycles. The van der Waals surface area contributed by atoms with Crippen LogP contribution in [0.25, 0.3) is 0 Å².